The van der Waals surface area contributed by atoms with Gasteiger partial charge < -0.3 is 9.47 Å². The van der Waals surface area contributed by atoms with Gasteiger partial charge in [0.1, 0.15) is 0 Å². The first-order chi connectivity index (χ1) is 5.91. The summed E-state index contributed by atoms with van der Waals surface area (Å²) in [5.41, 5.74) is 0. The molecular weight excluding hydrogens is 152 g/mol. The van der Waals surface area contributed by atoms with Crippen molar-refractivity contribution >= 4 is 0 Å². The van der Waals surface area contributed by atoms with Gasteiger partial charge in [0, 0.05) is 0 Å². The Morgan fingerprint density at radius 2 is 1.17 bits per heavy atom. The van der Waals surface area contributed by atoms with Gasteiger partial charge in [0.15, 0.2) is 0 Å². The van der Waals surface area contributed by atoms with Gasteiger partial charge >= 0.3 is 0 Å². The number of ether oxygens (including phenoxy) is 2. The summed E-state index contributed by atoms with van der Waals surface area (Å²) in [6.07, 6.45) is 7.55. The largest absolute Gasteiger partial charge is 0.502 e. The van der Waals surface area contributed by atoms with Crippen molar-refractivity contribution in [3.8, 4) is 0 Å². The lowest BCUT2D eigenvalue weighted by molar-refractivity contribution is 0.228. The highest BCUT2D eigenvalue weighted by atomic mass is 16.5. The first-order valence-corrected chi connectivity index (χ1v) is 4.37. The van der Waals surface area contributed by atoms with Gasteiger partial charge in [-0.3, -0.25) is 0 Å². The fraction of sp³-hybridized carbons (Fsp3) is 0.600. The van der Waals surface area contributed by atoms with E-state index in [2.05, 4.69) is 13.2 Å². The maximum Gasteiger partial charge on any atom is 0.0873 e. The smallest absolute Gasteiger partial charge is 0.0873 e. The van der Waals surface area contributed by atoms with Crippen LogP contribution in [-0.4, -0.2) is 13.2 Å². The average molecular weight is 170 g/mol. The van der Waals surface area contributed by atoms with E-state index in [1.165, 1.54) is 25.4 Å². The lowest BCUT2D eigenvalue weighted by Gasteiger charge is -2.01. The van der Waals surface area contributed by atoms with Gasteiger partial charge in [0.05, 0.1) is 25.7 Å². The van der Waals surface area contributed by atoms with Gasteiger partial charge in [0.25, 0.3) is 0 Å². The van der Waals surface area contributed by atoms with E-state index in [9.17, 15) is 0 Å². The second-order valence-corrected chi connectivity index (χ2v) is 2.49. The summed E-state index contributed by atoms with van der Waals surface area (Å²) >= 11 is 0. The summed E-state index contributed by atoms with van der Waals surface area (Å²) in [5, 5.41) is 0. The molecule has 2 nitrogen and oxygen atoms in total. The zero-order chi connectivity index (χ0) is 9.07. The third-order valence-corrected chi connectivity index (χ3v) is 1.51. The van der Waals surface area contributed by atoms with Crippen molar-refractivity contribution in [1.82, 2.24) is 0 Å². The van der Waals surface area contributed by atoms with E-state index < -0.39 is 0 Å². The molecular formula is C10H18O2. The highest BCUT2D eigenvalue weighted by Gasteiger charge is 1.89. The Labute approximate surface area is 74.9 Å². The number of hydrogen-bond donors (Lipinski definition) is 0. The van der Waals surface area contributed by atoms with E-state index in [4.69, 9.17) is 9.47 Å². The second kappa shape index (κ2) is 10.1. The quantitative estimate of drug-likeness (QED) is 0.391. The predicted molar refractivity (Wildman–Crippen MR) is 50.8 cm³/mol. The lowest BCUT2D eigenvalue weighted by Crippen LogP contribution is -1.90. The van der Waals surface area contributed by atoms with Gasteiger partial charge in [0.2, 0.25) is 0 Å². The van der Waals surface area contributed by atoms with Crippen LogP contribution < -0.4 is 0 Å². The molecule has 0 aliphatic heterocycles. The van der Waals surface area contributed by atoms with Gasteiger partial charge in [-0.05, 0) is 25.7 Å². The molecule has 0 aromatic rings. The van der Waals surface area contributed by atoms with Crippen LogP contribution in [0.5, 0.6) is 0 Å². The molecule has 2 heteroatoms. The minimum absolute atomic E-state index is 0.784. The predicted octanol–water partition coefficient (Wildman–Crippen LogP) is 2.87. The van der Waals surface area contributed by atoms with Gasteiger partial charge in [-0.1, -0.05) is 13.2 Å². The summed E-state index contributed by atoms with van der Waals surface area (Å²) in [5.74, 6) is 0. The topological polar surface area (TPSA) is 18.5 Å². The monoisotopic (exact) mass is 170 g/mol. The normalized spacial score (nSPS) is 9.00. The molecule has 0 bridgehead atoms. The molecule has 0 aromatic carbocycles. The average Bonchev–Trinajstić information content (AvgIpc) is 2.10. The molecule has 0 saturated heterocycles. The van der Waals surface area contributed by atoms with E-state index in [0.29, 0.717) is 0 Å². The Morgan fingerprint density at radius 3 is 1.50 bits per heavy atom. The molecule has 0 unspecified atom stereocenters. The number of unbranched alkanes of at least 4 members (excludes halogenated alkanes) is 3. The first-order valence-electron chi connectivity index (χ1n) is 4.37. The molecule has 0 aliphatic carbocycles. The zero-order valence-corrected chi connectivity index (χ0v) is 7.63. The van der Waals surface area contributed by atoms with Crippen molar-refractivity contribution in [2.45, 2.75) is 25.7 Å². The van der Waals surface area contributed by atoms with Crippen LogP contribution in [0.2, 0.25) is 0 Å². The molecule has 0 fully saturated rings. The first kappa shape index (κ1) is 11.1. The summed E-state index contributed by atoms with van der Waals surface area (Å²) in [6.45, 7) is 8.50. The van der Waals surface area contributed by atoms with E-state index in [0.717, 1.165) is 26.1 Å². The van der Waals surface area contributed by atoms with Crippen molar-refractivity contribution < 1.29 is 9.47 Å². The van der Waals surface area contributed by atoms with Crippen LogP contribution in [0.25, 0.3) is 0 Å². The molecule has 70 valence electrons. The van der Waals surface area contributed by atoms with Crippen LogP contribution in [-0.2, 0) is 9.47 Å². The Kier molecular flexibility index (Phi) is 9.31. The van der Waals surface area contributed by atoms with Crippen molar-refractivity contribution in [3.05, 3.63) is 25.7 Å². The van der Waals surface area contributed by atoms with E-state index in [-0.39, 0.29) is 0 Å². The van der Waals surface area contributed by atoms with Crippen LogP contribution in [0.4, 0.5) is 0 Å². The molecule has 0 spiro atoms. The number of hydrogen-bond acceptors (Lipinski definition) is 2. The molecule has 0 aliphatic rings. The summed E-state index contributed by atoms with van der Waals surface area (Å²) in [6, 6.07) is 0. The highest BCUT2D eigenvalue weighted by Crippen LogP contribution is 2.00. The van der Waals surface area contributed by atoms with E-state index >= 15 is 0 Å². The standard InChI is InChI=1S/C10H18O2/c1-3-11-9-7-5-6-8-10-12-4-2/h3-4H,1-2,5-10H2. The van der Waals surface area contributed by atoms with Gasteiger partial charge in [-0.2, -0.15) is 0 Å². The molecule has 0 aromatic heterocycles. The molecule has 0 saturated carbocycles. The van der Waals surface area contributed by atoms with Crippen LogP contribution in [0.1, 0.15) is 25.7 Å². The molecule has 0 heterocycles. The molecule has 0 radical (unpaired) electrons. The molecule has 0 atom stereocenters. The van der Waals surface area contributed by atoms with Crippen LogP contribution >= 0.6 is 0 Å². The lowest BCUT2D eigenvalue weighted by atomic mass is 10.2. The Balaban J connectivity index is 2.81. The van der Waals surface area contributed by atoms with Crippen LogP contribution in [0, 0.1) is 0 Å². The minimum atomic E-state index is 0.784. The van der Waals surface area contributed by atoms with E-state index in [1.54, 1.807) is 0 Å². The van der Waals surface area contributed by atoms with Crippen LogP contribution in [0.3, 0.4) is 0 Å². The third-order valence-electron chi connectivity index (χ3n) is 1.51. The van der Waals surface area contributed by atoms with E-state index in [1.807, 2.05) is 0 Å². The minimum Gasteiger partial charge on any atom is -0.502 e. The maximum absolute atomic E-state index is 4.98. The summed E-state index contributed by atoms with van der Waals surface area (Å²) < 4.78 is 9.96. The number of rotatable bonds is 9. The Bertz CT molecular complexity index is 96.4. The molecule has 12 heavy (non-hydrogen) atoms. The van der Waals surface area contributed by atoms with Crippen molar-refractivity contribution in [2.24, 2.45) is 0 Å². The van der Waals surface area contributed by atoms with Crippen molar-refractivity contribution in [2.75, 3.05) is 13.2 Å². The van der Waals surface area contributed by atoms with Crippen molar-refractivity contribution in [3.63, 3.8) is 0 Å². The van der Waals surface area contributed by atoms with Crippen LogP contribution in [0.15, 0.2) is 25.7 Å². The summed E-state index contributed by atoms with van der Waals surface area (Å²) in [7, 11) is 0. The maximum atomic E-state index is 4.98. The zero-order valence-electron chi connectivity index (χ0n) is 7.63. The summed E-state index contributed by atoms with van der Waals surface area (Å²) in [4.78, 5) is 0. The van der Waals surface area contributed by atoms with Gasteiger partial charge in [-0.15, -0.1) is 0 Å². The Morgan fingerprint density at radius 1 is 0.750 bits per heavy atom. The second-order valence-electron chi connectivity index (χ2n) is 2.49. The fourth-order valence-electron chi connectivity index (χ4n) is 0.891. The Hall–Kier alpha value is -0.920. The third kappa shape index (κ3) is 9.08. The van der Waals surface area contributed by atoms with Gasteiger partial charge in [-0.25, -0.2) is 0 Å². The SMILES string of the molecule is C=COCCCCCCOC=C. The molecule has 0 N–H and O–H groups in total. The molecule has 0 amide bonds. The fourth-order valence-corrected chi connectivity index (χ4v) is 0.891. The molecule has 0 rings (SSSR count). The van der Waals surface area contributed by atoms with Crippen molar-refractivity contribution in [1.29, 1.82) is 0 Å². The highest BCUT2D eigenvalue weighted by molar-refractivity contribution is 4.51.